The summed E-state index contributed by atoms with van der Waals surface area (Å²) in [7, 11) is 0. The normalized spacial score (nSPS) is 9.65. The molecular formula is C17H27FO2. The van der Waals surface area contributed by atoms with E-state index in [1.54, 1.807) is 19.1 Å². The van der Waals surface area contributed by atoms with Gasteiger partial charge in [-0.3, -0.25) is 0 Å². The molecule has 0 aliphatic heterocycles. The van der Waals surface area contributed by atoms with Crippen molar-refractivity contribution in [2.45, 2.75) is 59.8 Å². The summed E-state index contributed by atoms with van der Waals surface area (Å²) in [5, 5.41) is 0. The van der Waals surface area contributed by atoms with Crippen LogP contribution in [0.25, 0.3) is 0 Å². The van der Waals surface area contributed by atoms with E-state index in [2.05, 4.69) is 0 Å². The van der Waals surface area contributed by atoms with E-state index in [-0.39, 0.29) is 11.6 Å². The Labute approximate surface area is 122 Å². The van der Waals surface area contributed by atoms with Crippen LogP contribution in [0.4, 0.5) is 4.39 Å². The van der Waals surface area contributed by atoms with Crippen LogP contribution in [0.1, 0.15) is 58.9 Å². The van der Waals surface area contributed by atoms with E-state index in [4.69, 9.17) is 4.74 Å². The van der Waals surface area contributed by atoms with Crippen LogP contribution in [-0.4, -0.2) is 12.4 Å². The summed E-state index contributed by atoms with van der Waals surface area (Å²) in [6, 6.07) is 5.25. The highest BCUT2D eigenvalue weighted by Gasteiger charge is 2.08. The zero-order valence-corrected chi connectivity index (χ0v) is 13.2. The number of carbonyl (C=O) groups is 1. The molecule has 0 fully saturated rings. The van der Waals surface area contributed by atoms with Crippen molar-refractivity contribution >= 4 is 5.78 Å². The van der Waals surface area contributed by atoms with E-state index in [9.17, 15) is 9.18 Å². The van der Waals surface area contributed by atoms with Crippen LogP contribution < -0.4 is 4.74 Å². The minimum absolute atomic E-state index is 0.190. The summed E-state index contributed by atoms with van der Waals surface area (Å²) >= 11 is 0. The molecule has 0 saturated heterocycles. The van der Waals surface area contributed by atoms with Crippen molar-refractivity contribution in [2.24, 2.45) is 0 Å². The molecular weight excluding hydrogens is 255 g/mol. The molecule has 0 saturated carbocycles. The largest absolute Gasteiger partial charge is 0.491 e. The molecule has 0 aliphatic carbocycles. The Bertz CT molecular complexity index is 389. The SMILES string of the molecule is CC.CCCOc1cccc(CCCCC(C)=O)c1F. The third-order valence-electron chi connectivity index (χ3n) is 2.73. The van der Waals surface area contributed by atoms with Crippen LogP contribution in [0.2, 0.25) is 0 Å². The Morgan fingerprint density at radius 1 is 1.25 bits per heavy atom. The molecule has 0 unspecified atom stereocenters. The first-order valence-electron chi connectivity index (χ1n) is 7.54. The fourth-order valence-electron chi connectivity index (χ4n) is 1.76. The quantitative estimate of drug-likeness (QED) is 0.631. The second-order valence-electron chi connectivity index (χ2n) is 4.49. The molecule has 20 heavy (non-hydrogen) atoms. The number of ether oxygens (including phenoxy) is 1. The summed E-state index contributed by atoms with van der Waals surface area (Å²) in [4.78, 5) is 10.8. The summed E-state index contributed by atoms with van der Waals surface area (Å²) in [5.74, 6) is 0.269. The van der Waals surface area contributed by atoms with E-state index in [0.717, 1.165) is 19.3 Å². The highest BCUT2D eigenvalue weighted by Crippen LogP contribution is 2.22. The molecule has 0 radical (unpaired) electrons. The fourth-order valence-corrected chi connectivity index (χ4v) is 1.76. The van der Waals surface area contributed by atoms with Gasteiger partial charge < -0.3 is 9.53 Å². The summed E-state index contributed by atoms with van der Waals surface area (Å²) in [5.41, 5.74) is 0.673. The Morgan fingerprint density at radius 3 is 2.55 bits per heavy atom. The summed E-state index contributed by atoms with van der Waals surface area (Å²) in [6.07, 6.45) is 3.74. The van der Waals surface area contributed by atoms with Crippen LogP contribution in [0.15, 0.2) is 18.2 Å². The maximum atomic E-state index is 14.0. The molecule has 1 aromatic rings. The average molecular weight is 282 g/mol. The van der Waals surface area contributed by atoms with Crippen molar-refractivity contribution in [1.82, 2.24) is 0 Å². The van der Waals surface area contributed by atoms with Gasteiger partial charge in [0.25, 0.3) is 0 Å². The second-order valence-corrected chi connectivity index (χ2v) is 4.49. The smallest absolute Gasteiger partial charge is 0.168 e. The molecule has 1 aromatic carbocycles. The van der Waals surface area contributed by atoms with Gasteiger partial charge in [-0.25, -0.2) is 4.39 Å². The summed E-state index contributed by atoms with van der Waals surface area (Å²) < 4.78 is 19.3. The minimum atomic E-state index is -0.256. The van der Waals surface area contributed by atoms with Crippen LogP contribution in [0.5, 0.6) is 5.75 Å². The minimum Gasteiger partial charge on any atom is -0.491 e. The number of Topliss-reactive ketones (excluding diaryl/α,β-unsaturated/α-hetero) is 1. The van der Waals surface area contributed by atoms with Crippen molar-refractivity contribution in [2.75, 3.05) is 6.61 Å². The van der Waals surface area contributed by atoms with Crippen molar-refractivity contribution in [3.8, 4) is 5.75 Å². The zero-order valence-electron chi connectivity index (χ0n) is 13.2. The van der Waals surface area contributed by atoms with Gasteiger partial charge >= 0.3 is 0 Å². The predicted molar refractivity (Wildman–Crippen MR) is 81.8 cm³/mol. The third kappa shape index (κ3) is 7.27. The molecule has 2 nitrogen and oxygen atoms in total. The van der Waals surface area contributed by atoms with E-state index >= 15 is 0 Å². The first kappa shape index (κ1) is 18.6. The molecule has 0 heterocycles. The molecule has 0 aliphatic rings. The van der Waals surface area contributed by atoms with Crippen LogP contribution in [-0.2, 0) is 11.2 Å². The zero-order chi connectivity index (χ0) is 15.4. The number of ketones is 1. The molecule has 0 spiro atoms. The van der Waals surface area contributed by atoms with Gasteiger partial charge in [-0.2, -0.15) is 0 Å². The van der Waals surface area contributed by atoms with Gasteiger partial charge in [0.05, 0.1) is 6.61 Å². The van der Waals surface area contributed by atoms with Crippen molar-refractivity contribution in [1.29, 1.82) is 0 Å². The van der Waals surface area contributed by atoms with Crippen molar-refractivity contribution < 1.29 is 13.9 Å². The van der Waals surface area contributed by atoms with Gasteiger partial charge in [-0.05, 0) is 44.2 Å². The van der Waals surface area contributed by atoms with Crippen LogP contribution >= 0.6 is 0 Å². The lowest BCUT2D eigenvalue weighted by molar-refractivity contribution is -0.117. The van der Waals surface area contributed by atoms with E-state index in [1.807, 2.05) is 26.8 Å². The topological polar surface area (TPSA) is 26.3 Å². The number of unbranched alkanes of at least 4 members (excludes halogenated alkanes) is 1. The molecule has 0 aromatic heterocycles. The molecule has 3 heteroatoms. The van der Waals surface area contributed by atoms with E-state index < -0.39 is 0 Å². The molecule has 0 N–H and O–H groups in total. The van der Waals surface area contributed by atoms with E-state index in [0.29, 0.717) is 30.8 Å². The Hall–Kier alpha value is -1.38. The number of halogens is 1. The molecule has 114 valence electrons. The van der Waals surface area contributed by atoms with Crippen LogP contribution in [0, 0.1) is 5.82 Å². The Balaban J connectivity index is 0.00000172. The Morgan fingerprint density at radius 2 is 1.95 bits per heavy atom. The molecule has 1 rings (SSSR count). The number of hydrogen-bond donors (Lipinski definition) is 0. The van der Waals surface area contributed by atoms with E-state index in [1.165, 1.54) is 0 Å². The predicted octanol–water partition coefficient (Wildman–Crippen LogP) is 4.94. The number of aryl methyl sites for hydroxylation is 1. The standard InChI is InChI=1S/C15H21FO2.C2H6/c1-3-11-18-14-10-6-9-13(15(14)16)8-5-4-7-12(2)17;1-2/h6,9-10H,3-5,7-8,11H2,1-2H3;1-2H3. The van der Waals surface area contributed by atoms with Gasteiger partial charge in [-0.15, -0.1) is 0 Å². The molecule has 0 bridgehead atoms. The number of rotatable bonds is 8. The van der Waals surface area contributed by atoms with Gasteiger partial charge in [0.1, 0.15) is 5.78 Å². The molecule has 0 atom stereocenters. The van der Waals surface area contributed by atoms with Crippen LogP contribution in [0.3, 0.4) is 0 Å². The van der Waals surface area contributed by atoms with Gasteiger partial charge in [0.15, 0.2) is 11.6 Å². The van der Waals surface area contributed by atoms with Gasteiger partial charge in [0, 0.05) is 6.42 Å². The highest BCUT2D eigenvalue weighted by molar-refractivity contribution is 5.75. The lowest BCUT2D eigenvalue weighted by Gasteiger charge is -2.09. The first-order chi connectivity index (χ1) is 9.65. The molecule has 0 amide bonds. The lowest BCUT2D eigenvalue weighted by atomic mass is 10.1. The number of hydrogen-bond acceptors (Lipinski definition) is 2. The average Bonchev–Trinajstić information content (AvgIpc) is 2.45. The lowest BCUT2D eigenvalue weighted by Crippen LogP contribution is -2.00. The monoisotopic (exact) mass is 282 g/mol. The van der Waals surface area contributed by atoms with Gasteiger partial charge in [-0.1, -0.05) is 32.9 Å². The second kappa shape index (κ2) is 11.4. The third-order valence-corrected chi connectivity index (χ3v) is 2.73. The van der Waals surface area contributed by atoms with Crippen molar-refractivity contribution in [3.05, 3.63) is 29.6 Å². The number of carbonyl (C=O) groups excluding carboxylic acids is 1. The Kier molecular flexibility index (Phi) is 10.7. The summed E-state index contributed by atoms with van der Waals surface area (Å²) in [6.45, 7) is 8.11. The first-order valence-corrected chi connectivity index (χ1v) is 7.54. The fraction of sp³-hybridized carbons (Fsp3) is 0.588. The number of benzene rings is 1. The maximum absolute atomic E-state index is 14.0. The van der Waals surface area contributed by atoms with Gasteiger partial charge in [0.2, 0.25) is 0 Å². The van der Waals surface area contributed by atoms with Crippen molar-refractivity contribution in [3.63, 3.8) is 0 Å². The highest BCUT2D eigenvalue weighted by atomic mass is 19.1. The maximum Gasteiger partial charge on any atom is 0.168 e.